The maximum atomic E-state index is 15.2. The van der Waals surface area contributed by atoms with Gasteiger partial charge in [-0.05, 0) is 118 Å². The van der Waals surface area contributed by atoms with Gasteiger partial charge in [-0.2, -0.15) is 0 Å². The number of hydrogen-bond donors (Lipinski definition) is 4. The smallest absolute Gasteiger partial charge is 0.264 e. The van der Waals surface area contributed by atoms with E-state index < -0.39 is 37.5 Å². The fraction of sp³-hybridized carbons (Fsp3) is 0.523. The summed E-state index contributed by atoms with van der Waals surface area (Å²) in [5.74, 6) is 0.279. The van der Waals surface area contributed by atoms with Crippen molar-refractivity contribution in [2.75, 3.05) is 49.8 Å². The van der Waals surface area contributed by atoms with Crippen molar-refractivity contribution in [2.24, 2.45) is 5.92 Å². The summed E-state index contributed by atoms with van der Waals surface area (Å²) < 4.78 is 18.4. The lowest BCUT2D eigenvalue weighted by atomic mass is 9.82. The van der Waals surface area contributed by atoms with Crippen molar-refractivity contribution in [3.63, 3.8) is 0 Å². The number of nitrogens with one attached hydrogen (secondary N) is 1. The summed E-state index contributed by atoms with van der Waals surface area (Å²) in [6.07, 6.45) is 2.69. The van der Waals surface area contributed by atoms with E-state index in [-0.39, 0.29) is 49.9 Å². The summed E-state index contributed by atoms with van der Waals surface area (Å²) in [4.78, 5) is 60.2. The van der Waals surface area contributed by atoms with E-state index in [0.29, 0.717) is 55.2 Å². The Kier molecular flexibility index (Phi) is 12.3. The van der Waals surface area contributed by atoms with Gasteiger partial charge in [0, 0.05) is 35.9 Å². The molecule has 0 saturated carbocycles. The number of nitrogens with zero attached hydrogens (tertiary/aromatic N) is 3. The Bertz CT molecular complexity index is 2010. The Labute approximate surface area is 342 Å². The van der Waals surface area contributed by atoms with Crippen LogP contribution in [-0.2, 0) is 37.7 Å². The Morgan fingerprint density at radius 3 is 2.53 bits per heavy atom. The predicted octanol–water partition coefficient (Wildman–Crippen LogP) is 4.76. The zero-order chi connectivity index (χ0) is 41.4. The van der Waals surface area contributed by atoms with Gasteiger partial charge in [-0.1, -0.05) is 19.1 Å². The molecule has 0 bridgehead atoms. The van der Waals surface area contributed by atoms with Crippen LogP contribution in [0.4, 0.5) is 17.1 Å². The van der Waals surface area contributed by atoms with E-state index >= 15 is 4.79 Å². The third-order valence-electron chi connectivity index (χ3n) is 12.5. The van der Waals surface area contributed by atoms with E-state index in [1.807, 2.05) is 87.6 Å². The first-order valence-electron chi connectivity index (χ1n) is 20.7. The molecule has 0 aliphatic carbocycles. The third kappa shape index (κ3) is 7.66. The molecule has 312 valence electrons. The van der Waals surface area contributed by atoms with Crippen molar-refractivity contribution < 1.29 is 43.6 Å². The van der Waals surface area contributed by atoms with Gasteiger partial charge in [-0.25, -0.2) is 0 Å². The molecule has 1 unspecified atom stereocenters. The van der Waals surface area contributed by atoms with Crippen LogP contribution in [0.5, 0.6) is 11.5 Å². The lowest BCUT2D eigenvalue weighted by Gasteiger charge is -2.35. The fourth-order valence-electron chi connectivity index (χ4n) is 9.88. The highest BCUT2D eigenvalue weighted by Gasteiger charge is 2.66. The number of fused-ring (bicyclic) bond motifs is 3. The number of rotatable bonds is 15. The highest BCUT2D eigenvalue weighted by molar-refractivity contribution is 6.71. The number of carbonyl (C=O) groups is 3. The molecule has 13 nitrogen and oxygen atoms in total. The molecule has 3 aromatic rings. The maximum absolute atomic E-state index is 15.2. The molecule has 4 heterocycles. The first-order valence-corrected chi connectivity index (χ1v) is 23.7. The molecule has 58 heavy (non-hydrogen) atoms. The minimum Gasteiger partial charge on any atom is -0.497 e. The number of aliphatic hydroxyl groups excluding tert-OH is 2. The summed E-state index contributed by atoms with van der Waals surface area (Å²) in [5.41, 5.74) is 2.54. The van der Waals surface area contributed by atoms with Crippen LogP contribution in [0.15, 0.2) is 60.7 Å². The van der Waals surface area contributed by atoms with Crippen LogP contribution in [-0.4, -0.2) is 104 Å². The Hall–Kier alpha value is -4.31. The van der Waals surface area contributed by atoms with Crippen molar-refractivity contribution in [3.05, 3.63) is 77.4 Å². The van der Waals surface area contributed by atoms with E-state index in [1.54, 1.807) is 21.8 Å². The number of benzene rings is 3. The van der Waals surface area contributed by atoms with Crippen molar-refractivity contribution in [1.82, 2.24) is 10.2 Å². The topological polar surface area (TPSA) is 161 Å². The number of aliphatic hydroxyl groups is 2. The van der Waals surface area contributed by atoms with Gasteiger partial charge in [0.15, 0.2) is 13.9 Å². The predicted molar refractivity (Wildman–Crippen MR) is 223 cm³/mol. The first-order chi connectivity index (χ1) is 27.9. The Morgan fingerprint density at radius 2 is 1.81 bits per heavy atom. The van der Waals surface area contributed by atoms with Crippen molar-refractivity contribution >= 4 is 43.1 Å². The molecule has 3 aromatic carbocycles. The molecule has 1 spiro atoms. The highest BCUT2D eigenvalue weighted by Crippen LogP contribution is 2.60. The van der Waals surface area contributed by atoms with E-state index in [0.717, 1.165) is 41.8 Å². The van der Waals surface area contributed by atoms with E-state index in [2.05, 4.69) is 5.32 Å². The van der Waals surface area contributed by atoms with Gasteiger partial charge in [0.25, 0.3) is 5.91 Å². The van der Waals surface area contributed by atoms with Gasteiger partial charge in [0.2, 0.25) is 11.8 Å². The molecule has 7 rings (SSSR count). The summed E-state index contributed by atoms with van der Waals surface area (Å²) in [6.45, 7) is 9.36. The Morgan fingerprint density at radius 1 is 1.03 bits per heavy atom. The standard InChI is InChI=1S/C44H58N4O9Si/c1-6-56-34-15-16-37-30(22-34)23-36(45-18-7-8-20-49)42(52)48(37)31-12-9-11-29(21-31)26-47-38-17-14-33(55-3)24-35(38)44(43(47)53)28(2)41(58(4,5)54)39(57-44)25-40(51)46-19-10-13-32(46)27-50/h9,11-12,14-17,21-22,24,28,32,36,39,41,45,49-50,54H,6-8,10,13,18-20,23,25-27H2,1-5H3/t28-,32+,36?,39+,41-,44+/m1/s1. The maximum Gasteiger partial charge on any atom is 0.264 e. The fourth-order valence-corrected chi connectivity index (χ4v) is 12.4. The number of likely N-dealkylation sites (tertiary alicyclic amines) is 1. The summed E-state index contributed by atoms with van der Waals surface area (Å²) in [6, 6.07) is 18.2. The zero-order valence-corrected chi connectivity index (χ0v) is 35.3. The van der Waals surface area contributed by atoms with E-state index in [9.17, 15) is 24.6 Å². The summed E-state index contributed by atoms with van der Waals surface area (Å²) >= 11 is 0. The second kappa shape index (κ2) is 17.1. The van der Waals surface area contributed by atoms with Crippen LogP contribution in [0, 0.1) is 5.92 Å². The van der Waals surface area contributed by atoms with E-state index in [4.69, 9.17) is 14.2 Å². The average molecular weight is 815 g/mol. The molecule has 6 atom stereocenters. The molecule has 4 aliphatic heterocycles. The average Bonchev–Trinajstić information content (AvgIpc) is 3.87. The van der Waals surface area contributed by atoms with Gasteiger partial charge >= 0.3 is 0 Å². The van der Waals surface area contributed by atoms with Crippen LogP contribution < -0.4 is 24.6 Å². The monoisotopic (exact) mass is 814 g/mol. The van der Waals surface area contributed by atoms with Gasteiger partial charge in [-0.3, -0.25) is 19.3 Å². The number of anilines is 3. The number of amides is 3. The largest absolute Gasteiger partial charge is 0.497 e. The van der Waals surface area contributed by atoms with Crippen LogP contribution in [0.3, 0.4) is 0 Å². The number of ether oxygens (including phenoxy) is 3. The second-order valence-corrected chi connectivity index (χ2v) is 20.6. The second-order valence-electron chi connectivity index (χ2n) is 16.6. The third-order valence-corrected chi connectivity index (χ3v) is 15.0. The normalized spacial score (nSPS) is 25.4. The molecule has 14 heteroatoms. The van der Waals surface area contributed by atoms with Crippen molar-refractivity contribution in [2.45, 2.75) is 101 Å². The lowest BCUT2D eigenvalue weighted by Crippen LogP contribution is -2.49. The molecule has 4 aliphatic rings. The molecule has 3 amide bonds. The van der Waals surface area contributed by atoms with Gasteiger partial charge in [0.1, 0.15) is 11.5 Å². The molecule has 4 N–H and O–H groups in total. The van der Waals surface area contributed by atoms with Crippen LogP contribution in [0.25, 0.3) is 0 Å². The number of methoxy groups -OCH3 is 1. The quantitative estimate of drug-likeness (QED) is 0.124. The number of carbonyl (C=O) groups excluding carboxylic acids is 3. The minimum atomic E-state index is -3.04. The summed E-state index contributed by atoms with van der Waals surface area (Å²) in [5, 5.41) is 22.7. The van der Waals surface area contributed by atoms with Crippen LogP contribution >= 0.6 is 0 Å². The van der Waals surface area contributed by atoms with Crippen LogP contribution in [0.2, 0.25) is 18.6 Å². The number of unbranched alkanes of at least 4 members (excludes halogenated alkanes) is 1. The Balaban J connectivity index is 1.22. The number of hydrogen-bond acceptors (Lipinski definition) is 10. The van der Waals surface area contributed by atoms with Crippen molar-refractivity contribution in [3.8, 4) is 11.5 Å². The molecular formula is C44H58N4O9Si. The molecule has 2 saturated heterocycles. The SMILES string of the molecule is CCOc1ccc2c(c1)CC(NCCCCO)C(=O)N2c1cccc(CN2C(=O)[C@@]3(O[C@@H](CC(=O)N4CCC[C@H]4CO)[C@H]([Si](C)(C)O)[C@H]3C)c3cc(OC)ccc32)c1. The highest BCUT2D eigenvalue weighted by atomic mass is 28.4. The van der Waals surface area contributed by atoms with Crippen LogP contribution in [0.1, 0.15) is 62.6 Å². The molecular weight excluding hydrogens is 757 g/mol. The lowest BCUT2D eigenvalue weighted by molar-refractivity contribution is -0.150. The zero-order valence-electron chi connectivity index (χ0n) is 34.3. The van der Waals surface area contributed by atoms with Gasteiger partial charge in [0.05, 0.1) is 62.9 Å². The molecule has 0 aromatic heterocycles. The molecule has 2 fully saturated rings. The van der Waals surface area contributed by atoms with E-state index in [1.165, 1.54) is 0 Å². The summed E-state index contributed by atoms with van der Waals surface area (Å²) in [7, 11) is -1.47. The first kappa shape index (κ1) is 41.8. The van der Waals surface area contributed by atoms with Gasteiger partial charge < -0.3 is 44.3 Å². The van der Waals surface area contributed by atoms with Gasteiger partial charge in [-0.15, -0.1) is 0 Å². The minimum absolute atomic E-state index is 0.00639. The van der Waals surface area contributed by atoms with Crippen molar-refractivity contribution in [1.29, 1.82) is 0 Å². The molecule has 0 radical (unpaired) electrons.